The molecule has 0 bridgehead atoms. The molecule has 13 heteroatoms. The van der Waals surface area contributed by atoms with E-state index in [4.69, 9.17) is 9.26 Å². The minimum atomic E-state index is -4.73. The Kier molecular flexibility index (Phi) is 5.10. The molecule has 3 aliphatic rings. The third-order valence-corrected chi connectivity index (χ3v) is 6.06. The first kappa shape index (κ1) is 21.2. The minimum absolute atomic E-state index is 0.0273. The molecule has 1 saturated carbocycles. The predicted octanol–water partition coefficient (Wildman–Crippen LogP) is 2.38. The molecule has 4 heterocycles. The van der Waals surface area contributed by atoms with E-state index in [0.29, 0.717) is 23.6 Å². The molecule has 2 aromatic heterocycles. The Hall–Kier alpha value is -2.70. The van der Waals surface area contributed by atoms with E-state index in [1.165, 1.54) is 4.90 Å². The van der Waals surface area contributed by atoms with Crippen LogP contribution in [0.25, 0.3) is 0 Å². The number of fused-ring (bicyclic) bond motifs is 1. The van der Waals surface area contributed by atoms with E-state index < -0.39 is 30.0 Å². The number of morpholine rings is 1. The summed E-state index contributed by atoms with van der Waals surface area (Å²) in [7, 11) is 0. The van der Waals surface area contributed by atoms with Crippen LogP contribution in [0.5, 0.6) is 0 Å². The van der Waals surface area contributed by atoms with Gasteiger partial charge >= 0.3 is 6.18 Å². The van der Waals surface area contributed by atoms with Gasteiger partial charge in [-0.3, -0.25) is 9.36 Å². The zero-order valence-electron chi connectivity index (χ0n) is 17.3. The summed E-state index contributed by atoms with van der Waals surface area (Å²) in [6.45, 7) is 2.55. The second-order valence-corrected chi connectivity index (χ2v) is 8.43. The lowest BCUT2D eigenvalue weighted by molar-refractivity contribution is -0.171. The van der Waals surface area contributed by atoms with Gasteiger partial charge in [-0.25, -0.2) is 0 Å². The Morgan fingerprint density at radius 1 is 1.16 bits per heavy atom. The molecule has 2 fully saturated rings. The summed E-state index contributed by atoms with van der Waals surface area (Å²) in [5.41, 5.74) is -1.35. The summed E-state index contributed by atoms with van der Waals surface area (Å²) in [6.07, 6.45) is -3.21. The summed E-state index contributed by atoms with van der Waals surface area (Å²) in [4.78, 5) is 24.4. The first-order valence-electron chi connectivity index (χ1n) is 10.5. The molecule has 2 aromatic rings. The molecule has 0 spiro atoms. The molecule has 0 unspecified atom stereocenters. The standard InChI is InChI=1S/C19H22F4N6O3/c1-10-9-31-7-6-28(10)16-14(20)17(30)29-12(19(21,22)23)4-5-27(18(29)25-16)8-13-24-15(26-32-13)11-2-3-11/h10-12H,2-9H2,1H3/t10-,12-/m1/s1. The topological polar surface area (TPSA) is 89.5 Å². The van der Waals surface area contributed by atoms with E-state index in [9.17, 15) is 18.0 Å². The molecule has 1 aliphatic carbocycles. The molecule has 9 nitrogen and oxygen atoms in total. The maximum absolute atomic E-state index is 15.1. The van der Waals surface area contributed by atoms with Crippen molar-refractivity contribution in [1.29, 1.82) is 0 Å². The fourth-order valence-electron chi connectivity index (χ4n) is 4.20. The highest BCUT2D eigenvalue weighted by Gasteiger charge is 2.47. The monoisotopic (exact) mass is 458 g/mol. The molecule has 2 atom stereocenters. The molecule has 1 saturated heterocycles. The van der Waals surface area contributed by atoms with Gasteiger partial charge in [0.2, 0.25) is 17.7 Å². The molecular formula is C19H22F4N6O3. The van der Waals surface area contributed by atoms with Crippen molar-refractivity contribution in [2.24, 2.45) is 0 Å². The van der Waals surface area contributed by atoms with Gasteiger partial charge in [0.1, 0.15) is 12.6 Å². The van der Waals surface area contributed by atoms with Crippen LogP contribution in [-0.2, 0) is 11.3 Å². The smallest absolute Gasteiger partial charge is 0.377 e. The summed E-state index contributed by atoms with van der Waals surface area (Å²) in [5.74, 6) is -0.799. The molecular weight excluding hydrogens is 436 g/mol. The molecule has 0 N–H and O–H groups in total. The largest absolute Gasteiger partial charge is 0.409 e. The van der Waals surface area contributed by atoms with Crippen molar-refractivity contribution < 1.29 is 26.8 Å². The van der Waals surface area contributed by atoms with Gasteiger partial charge in [-0.05, 0) is 26.2 Å². The SMILES string of the molecule is C[C@@H]1COCCN1c1nc2n(c(=O)c1F)[C@@H](C(F)(F)F)CCN2Cc1nc(C2CC2)no1. The van der Waals surface area contributed by atoms with Crippen LogP contribution in [0.1, 0.15) is 49.9 Å². The Morgan fingerprint density at radius 2 is 1.94 bits per heavy atom. The van der Waals surface area contributed by atoms with Crippen molar-refractivity contribution in [3.8, 4) is 0 Å². The first-order valence-corrected chi connectivity index (χ1v) is 10.5. The number of hydrogen-bond donors (Lipinski definition) is 0. The maximum atomic E-state index is 15.1. The van der Waals surface area contributed by atoms with Gasteiger partial charge < -0.3 is 19.1 Å². The number of nitrogens with zero attached hydrogens (tertiary/aromatic N) is 6. The van der Waals surface area contributed by atoms with Crippen molar-refractivity contribution in [3.05, 3.63) is 27.9 Å². The van der Waals surface area contributed by atoms with Crippen LogP contribution in [-0.4, -0.2) is 58.2 Å². The lowest BCUT2D eigenvalue weighted by Crippen LogP contribution is -2.49. The van der Waals surface area contributed by atoms with E-state index in [2.05, 4.69) is 15.1 Å². The van der Waals surface area contributed by atoms with Crippen molar-refractivity contribution >= 4 is 11.8 Å². The van der Waals surface area contributed by atoms with Crippen LogP contribution in [0.2, 0.25) is 0 Å². The number of alkyl halides is 3. The first-order chi connectivity index (χ1) is 15.2. The molecule has 0 amide bonds. The van der Waals surface area contributed by atoms with Crippen molar-refractivity contribution in [2.45, 2.75) is 56.9 Å². The van der Waals surface area contributed by atoms with Crippen LogP contribution >= 0.6 is 0 Å². The lowest BCUT2D eigenvalue weighted by Gasteiger charge is -2.38. The molecule has 32 heavy (non-hydrogen) atoms. The number of aromatic nitrogens is 4. The minimum Gasteiger partial charge on any atom is -0.377 e. The van der Waals surface area contributed by atoms with Crippen LogP contribution in [0.15, 0.2) is 9.32 Å². The normalized spacial score (nSPS) is 24.0. The number of rotatable bonds is 4. The van der Waals surface area contributed by atoms with Crippen molar-refractivity contribution in [2.75, 3.05) is 36.1 Å². The molecule has 0 aromatic carbocycles. The number of hydrogen-bond acceptors (Lipinski definition) is 8. The number of anilines is 2. The van der Waals surface area contributed by atoms with Crippen molar-refractivity contribution in [1.82, 2.24) is 19.7 Å². The van der Waals surface area contributed by atoms with E-state index in [1.807, 2.05) is 0 Å². The summed E-state index contributed by atoms with van der Waals surface area (Å²) < 4.78 is 67.2. The summed E-state index contributed by atoms with van der Waals surface area (Å²) in [5, 5.41) is 3.92. The van der Waals surface area contributed by atoms with Gasteiger partial charge in [-0.1, -0.05) is 5.16 Å². The zero-order chi connectivity index (χ0) is 22.6. The van der Waals surface area contributed by atoms with E-state index in [0.717, 1.165) is 12.8 Å². The van der Waals surface area contributed by atoms with Crippen LogP contribution in [0.4, 0.5) is 29.3 Å². The van der Waals surface area contributed by atoms with Crippen LogP contribution in [0.3, 0.4) is 0 Å². The molecule has 0 radical (unpaired) electrons. The van der Waals surface area contributed by atoms with Crippen LogP contribution in [0, 0.1) is 5.82 Å². The third kappa shape index (κ3) is 3.71. The lowest BCUT2D eigenvalue weighted by atomic mass is 10.1. The molecule has 5 rings (SSSR count). The van der Waals surface area contributed by atoms with Crippen molar-refractivity contribution in [3.63, 3.8) is 0 Å². The fraction of sp³-hybridized carbons (Fsp3) is 0.684. The Morgan fingerprint density at radius 3 is 2.62 bits per heavy atom. The Bertz CT molecular complexity index is 1070. The quantitative estimate of drug-likeness (QED) is 0.646. The van der Waals surface area contributed by atoms with Gasteiger partial charge in [0.25, 0.3) is 5.56 Å². The number of halogens is 4. The molecule has 174 valence electrons. The highest BCUT2D eigenvalue weighted by molar-refractivity contribution is 5.48. The zero-order valence-corrected chi connectivity index (χ0v) is 17.3. The molecule has 2 aliphatic heterocycles. The van der Waals surface area contributed by atoms with Gasteiger partial charge in [-0.2, -0.15) is 27.5 Å². The highest BCUT2D eigenvalue weighted by Crippen LogP contribution is 2.40. The van der Waals surface area contributed by atoms with E-state index >= 15 is 4.39 Å². The number of ether oxygens (including phenoxy) is 1. The maximum Gasteiger partial charge on any atom is 0.409 e. The van der Waals surface area contributed by atoms with Gasteiger partial charge in [0.05, 0.1) is 19.3 Å². The Labute approximate surface area is 180 Å². The van der Waals surface area contributed by atoms with Gasteiger partial charge in [0, 0.05) is 19.0 Å². The Balaban J connectivity index is 1.57. The van der Waals surface area contributed by atoms with Gasteiger partial charge in [-0.15, -0.1) is 0 Å². The third-order valence-electron chi connectivity index (χ3n) is 6.06. The summed E-state index contributed by atoms with van der Waals surface area (Å²) >= 11 is 0. The van der Waals surface area contributed by atoms with E-state index in [-0.39, 0.29) is 49.3 Å². The average molecular weight is 458 g/mol. The average Bonchev–Trinajstić information content (AvgIpc) is 3.49. The summed E-state index contributed by atoms with van der Waals surface area (Å²) in [6, 6.07) is -2.45. The fourth-order valence-corrected chi connectivity index (χ4v) is 4.20. The van der Waals surface area contributed by atoms with Gasteiger partial charge in [0.15, 0.2) is 11.6 Å². The predicted molar refractivity (Wildman–Crippen MR) is 103 cm³/mol. The van der Waals surface area contributed by atoms with Crippen LogP contribution < -0.4 is 15.4 Å². The highest BCUT2D eigenvalue weighted by atomic mass is 19.4. The second kappa shape index (κ2) is 7.71. The second-order valence-electron chi connectivity index (χ2n) is 8.43. The van der Waals surface area contributed by atoms with E-state index in [1.54, 1.807) is 11.8 Å².